The SMILES string of the molecule is CC(NC(=O)CCNC(=O)NC1CCCCC1)c1ccc2ccccc2c1. The first-order valence-corrected chi connectivity index (χ1v) is 9.94. The van der Waals surface area contributed by atoms with Crippen LogP contribution < -0.4 is 16.0 Å². The van der Waals surface area contributed by atoms with Gasteiger partial charge >= 0.3 is 6.03 Å². The molecule has 3 rings (SSSR count). The van der Waals surface area contributed by atoms with E-state index in [9.17, 15) is 9.59 Å². The topological polar surface area (TPSA) is 70.2 Å². The fourth-order valence-corrected chi connectivity index (χ4v) is 3.65. The molecule has 1 fully saturated rings. The van der Waals surface area contributed by atoms with E-state index in [1.165, 1.54) is 24.6 Å². The number of urea groups is 1. The summed E-state index contributed by atoms with van der Waals surface area (Å²) in [6, 6.07) is 14.4. The molecule has 0 aromatic heterocycles. The Bertz CT molecular complexity index is 784. The molecule has 2 aromatic carbocycles. The number of rotatable bonds is 6. The summed E-state index contributed by atoms with van der Waals surface area (Å²) in [5, 5.41) is 11.1. The Kier molecular flexibility index (Phi) is 6.69. The van der Waals surface area contributed by atoms with Gasteiger partial charge < -0.3 is 16.0 Å². The van der Waals surface area contributed by atoms with E-state index in [4.69, 9.17) is 0 Å². The van der Waals surface area contributed by atoms with Crippen molar-refractivity contribution in [2.45, 2.75) is 57.5 Å². The van der Waals surface area contributed by atoms with Crippen molar-refractivity contribution < 1.29 is 9.59 Å². The van der Waals surface area contributed by atoms with Gasteiger partial charge in [-0.1, -0.05) is 55.7 Å². The van der Waals surface area contributed by atoms with Crippen molar-refractivity contribution in [3.05, 3.63) is 48.0 Å². The number of benzene rings is 2. The summed E-state index contributed by atoms with van der Waals surface area (Å²) in [5.41, 5.74) is 1.07. The quantitative estimate of drug-likeness (QED) is 0.721. The van der Waals surface area contributed by atoms with Crippen LogP contribution in [0.5, 0.6) is 0 Å². The van der Waals surface area contributed by atoms with Crippen LogP contribution in [-0.2, 0) is 4.79 Å². The van der Waals surface area contributed by atoms with Gasteiger partial charge in [0.15, 0.2) is 0 Å². The number of amides is 3. The zero-order chi connectivity index (χ0) is 19.1. The average Bonchev–Trinajstić information content (AvgIpc) is 2.68. The lowest BCUT2D eigenvalue weighted by Crippen LogP contribution is -2.43. The fraction of sp³-hybridized carbons (Fsp3) is 0.455. The molecule has 0 radical (unpaired) electrons. The third-order valence-corrected chi connectivity index (χ3v) is 5.23. The standard InChI is InChI=1S/C22H29N3O2/c1-16(18-12-11-17-7-5-6-8-19(17)15-18)24-21(26)13-14-23-22(27)25-20-9-3-2-4-10-20/h5-8,11-12,15-16,20H,2-4,9-10,13-14H2,1H3,(H,24,26)(H2,23,25,27). The summed E-state index contributed by atoms with van der Waals surface area (Å²) in [7, 11) is 0. The Labute approximate surface area is 160 Å². The van der Waals surface area contributed by atoms with Crippen LogP contribution in [0, 0.1) is 0 Å². The van der Waals surface area contributed by atoms with E-state index < -0.39 is 0 Å². The van der Waals surface area contributed by atoms with Gasteiger partial charge in [-0.15, -0.1) is 0 Å². The van der Waals surface area contributed by atoms with E-state index in [-0.39, 0.29) is 30.4 Å². The molecule has 5 nitrogen and oxygen atoms in total. The van der Waals surface area contributed by atoms with Crippen molar-refractivity contribution >= 4 is 22.7 Å². The fourth-order valence-electron chi connectivity index (χ4n) is 3.65. The van der Waals surface area contributed by atoms with Crippen molar-refractivity contribution in [2.24, 2.45) is 0 Å². The predicted molar refractivity (Wildman–Crippen MR) is 109 cm³/mol. The number of hydrogen-bond donors (Lipinski definition) is 3. The summed E-state index contributed by atoms with van der Waals surface area (Å²) in [4.78, 5) is 24.1. The van der Waals surface area contributed by atoms with Gasteiger partial charge in [0.2, 0.25) is 5.91 Å². The van der Waals surface area contributed by atoms with Crippen LogP contribution in [0.4, 0.5) is 4.79 Å². The molecule has 1 saturated carbocycles. The van der Waals surface area contributed by atoms with E-state index in [2.05, 4.69) is 40.2 Å². The highest BCUT2D eigenvalue weighted by molar-refractivity contribution is 5.83. The van der Waals surface area contributed by atoms with Gasteiger partial charge in [-0.3, -0.25) is 4.79 Å². The van der Waals surface area contributed by atoms with E-state index in [1.54, 1.807) is 0 Å². The molecular weight excluding hydrogens is 338 g/mol. The molecule has 0 saturated heterocycles. The number of hydrogen-bond acceptors (Lipinski definition) is 2. The van der Waals surface area contributed by atoms with Gasteiger partial charge in [0.1, 0.15) is 0 Å². The summed E-state index contributed by atoms with van der Waals surface area (Å²) >= 11 is 0. The minimum atomic E-state index is -0.169. The molecule has 1 aliphatic rings. The molecule has 1 aliphatic carbocycles. The Morgan fingerprint density at radius 1 is 1.04 bits per heavy atom. The number of nitrogens with one attached hydrogen (secondary N) is 3. The lowest BCUT2D eigenvalue weighted by atomic mass is 9.96. The minimum Gasteiger partial charge on any atom is -0.350 e. The Morgan fingerprint density at radius 3 is 2.56 bits per heavy atom. The first-order valence-electron chi connectivity index (χ1n) is 9.94. The normalized spacial score (nSPS) is 15.9. The predicted octanol–water partition coefficient (Wildman–Crippen LogP) is 4.04. The number of carbonyl (C=O) groups is 2. The maximum atomic E-state index is 12.2. The van der Waals surface area contributed by atoms with Crippen molar-refractivity contribution in [2.75, 3.05) is 6.54 Å². The first kappa shape index (κ1) is 19.2. The molecule has 0 spiro atoms. The summed E-state index contributed by atoms with van der Waals surface area (Å²) < 4.78 is 0. The Morgan fingerprint density at radius 2 is 1.78 bits per heavy atom. The third kappa shape index (κ3) is 5.71. The van der Waals surface area contributed by atoms with Gasteiger partial charge in [0, 0.05) is 19.0 Å². The van der Waals surface area contributed by atoms with Crippen LogP contribution in [0.2, 0.25) is 0 Å². The largest absolute Gasteiger partial charge is 0.350 e. The van der Waals surface area contributed by atoms with Crippen LogP contribution in [0.15, 0.2) is 42.5 Å². The maximum Gasteiger partial charge on any atom is 0.315 e. The molecule has 3 amide bonds. The van der Waals surface area contributed by atoms with E-state index in [1.807, 2.05) is 25.1 Å². The molecular formula is C22H29N3O2. The Hall–Kier alpha value is -2.56. The van der Waals surface area contributed by atoms with Crippen LogP contribution >= 0.6 is 0 Å². The van der Waals surface area contributed by atoms with Gasteiger partial charge in [0.05, 0.1) is 6.04 Å². The highest BCUT2D eigenvalue weighted by atomic mass is 16.2. The van der Waals surface area contributed by atoms with Crippen molar-refractivity contribution in [3.8, 4) is 0 Å². The van der Waals surface area contributed by atoms with Gasteiger partial charge in [-0.2, -0.15) is 0 Å². The van der Waals surface area contributed by atoms with E-state index >= 15 is 0 Å². The highest BCUT2D eigenvalue weighted by Crippen LogP contribution is 2.20. The summed E-state index contributed by atoms with van der Waals surface area (Å²) in [6.07, 6.45) is 6.00. The molecule has 27 heavy (non-hydrogen) atoms. The minimum absolute atomic E-state index is 0.0615. The zero-order valence-electron chi connectivity index (χ0n) is 16.0. The van der Waals surface area contributed by atoms with Gasteiger partial charge in [-0.25, -0.2) is 4.79 Å². The number of carbonyl (C=O) groups excluding carboxylic acids is 2. The van der Waals surface area contributed by atoms with Gasteiger partial charge in [-0.05, 0) is 42.2 Å². The third-order valence-electron chi connectivity index (χ3n) is 5.23. The van der Waals surface area contributed by atoms with Crippen LogP contribution in [0.1, 0.15) is 57.1 Å². The van der Waals surface area contributed by atoms with Crippen molar-refractivity contribution in [1.82, 2.24) is 16.0 Å². The molecule has 0 bridgehead atoms. The second-order valence-corrected chi connectivity index (χ2v) is 7.38. The molecule has 3 N–H and O–H groups in total. The van der Waals surface area contributed by atoms with Crippen molar-refractivity contribution in [1.29, 1.82) is 0 Å². The van der Waals surface area contributed by atoms with E-state index in [0.717, 1.165) is 23.8 Å². The van der Waals surface area contributed by atoms with Crippen LogP contribution in [0.25, 0.3) is 10.8 Å². The lowest BCUT2D eigenvalue weighted by Gasteiger charge is -2.22. The maximum absolute atomic E-state index is 12.2. The summed E-state index contributed by atoms with van der Waals surface area (Å²) in [6.45, 7) is 2.32. The smallest absolute Gasteiger partial charge is 0.315 e. The highest BCUT2D eigenvalue weighted by Gasteiger charge is 2.15. The lowest BCUT2D eigenvalue weighted by molar-refractivity contribution is -0.121. The monoisotopic (exact) mass is 367 g/mol. The molecule has 144 valence electrons. The summed E-state index contributed by atoms with van der Waals surface area (Å²) in [5.74, 6) is -0.0615. The number of fused-ring (bicyclic) bond motifs is 1. The van der Waals surface area contributed by atoms with Crippen LogP contribution in [0.3, 0.4) is 0 Å². The van der Waals surface area contributed by atoms with E-state index in [0.29, 0.717) is 6.54 Å². The molecule has 1 unspecified atom stereocenters. The zero-order valence-corrected chi connectivity index (χ0v) is 16.0. The second-order valence-electron chi connectivity index (χ2n) is 7.38. The van der Waals surface area contributed by atoms with Gasteiger partial charge in [0.25, 0.3) is 0 Å². The average molecular weight is 367 g/mol. The van der Waals surface area contributed by atoms with Crippen molar-refractivity contribution in [3.63, 3.8) is 0 Å². The molecule has 0 aliphatic heterocycles. The molecule has 5 heteroatoms. The second kappa shape index (κ2) is 9.40. The molecule has 0 heterocycles. The molecule has 1 atom stereocenters. The molecule has 2 aromatic rings. The first-order chi connectivity index (χ1) is 13.1. The Balaban J connectivity index is 1.40. The van der Waals surface area contributed by atoms with Crippen LogP contribution in [-0.4, -0.2) is 24.5 Å².